The molecule has 2 aliphatic rings. The molecule has 2 amide bonds. The van der Waals surface area contributed by atoms with Gasteiger partial charge in [-0.15, -0.1) is 0 Å². The van der Waals surface area contributed by atoms with Crippen molar-refractivity contribution in [1.29, 1.82) is 0 Å². The molecular weight excluding hydrogens is 280 g/mol. The Morgan fingerprint density at radius 2 is 1.52 bits per heavy atom. The second-order valence-electron chi connectivity index (χ2n) is 4.89. The van der Waals surface area contributed by atoms with E-state index in [0.717, 1.165) is 6.42 Å². The summed E-state index contributed by atoms with van der Waals surface area (Å²) in [6.07, 6.45) is 3.69. The van der Waals surface area contributed by atoms with Gasteiger partial charge in [-0.2, -0.15) is 0 Å². The van der Waals surface area contributed by atoms with Gasteiger partial charge >= 0.3 is 11.9 Å². The number of carboxylic acids is 1. The zero-order chi connectivity index (χ0) is 15.8. The van der Waals surface area contributed by atoms with E-state index in [-0.39, 0.29) is 17.8 Å². The summed E-state index contributed by atoms with van der Waals surface area (Å²) in [4.78, 5) is 42.5. The minimum atomic E-state index is -0.937. The van der Waals surface area contributed by atoms with Crippen molar-refractivity contribution < 1.29 is 29.0 Å². The van der Waals surface area contributed by atoms with Crippen molar-refractivity contribution in [3.8, 4) is 0 Å². The van der Waals surface area contributed by atoms with Gasteiger partial charge in [0, 0.05) is 12.8 Å². The van der Waals surface area contributed by atoms with Crippen molar-refractivity contribution >= 4 is 23.8 Å². The number of carbonyl (C=O) groups excluding carboxylic acids is 3. The van der Waals surface area contributed by atoms with Crippen LogP contribution in [0.1, 0.15) is 38.5 Å². The van der Waals surface area contributed by atoms with Gasteiger partial charge in [0.15, 0.2) is 0 Å². The summed E-state index contributed by atoms with van der Waals surface area (Å²) >= 11 is 0. The third-order valence-electron chi connectivity index (χ3n) is 3.25. The van der Waals surface area contributed by atoms with Crippen LogP contribution < -0.4 is 10.6 Å². The van der Waals surface area contributed by atoms with Crippen LogP contribution in [-0.4, -0.2) is 48.1 Å². The summed E-state index contributed by atoms with van der Waals surface area (Å²) in [6.45, 7) is 0. The molecule has 2 fully saturated rings. The summed E-state index contributed by atoms with van der Waals surface area (Å²) in [7, 11) is 1.32. The Labute approximate surface area is 122 Å². The Morgan fingerprint density at radius 3 is 1.90 bits per heavy atom. The molecule has 21 heavy (non-hydrogen) atoms. The summed E-state index contributed by atoms with van der Waals surface area (Å²) < 4.78 is 4.48. The number of rotatable bonds is 2. The Morgan fingerprint density at radius 1 is 1.05 bits per heavy atom. The van der Waals surface area contributed by atoms with E-state index in [1.807, 2.05) is 0 Å². The molecule has 8 heteroatoms. The monoisotopic (exact) mass is 300 g/mol. The lowest BCUT2D eigenvalue weighted by atomic mass is 10.1. The van der Waals surface area contributed by atoms with E-state index in [1.54, 1.807) is 0 Å². The first kappa shape index (κ1) is 16.9. The average Bonchev–Trinajstić information content (AvgIpc) is 2.47. The molecule has 2 aliphatic heterocycles. The molecule has 2 rings (SSSR count). The van der Waals surface area contributed by atoms with Gasteiger partial charge in [0.25, 0.3) is 0 Å². The van der Waals surface area contributed by atoms with Gasteiger partial charge in [0.05, 0.1) is 7.11 Å². The van der Waals surface area contributed by atoms with Crippen LogP contribution in [0.2, 0.25) is 0 Å². The fraction of sp³-hybridized carbons (Fsp3) is 0.692. The molecule has 2 heterocycles. The smallest absolute Gasteiger partial charge is 0.328 e. The fourth-order valence-electron chi connectivity index (χ4n) is 2.12. The molecule has 3 N–H and O–H groups in total. The molecule has 0 aliphatic carbocycles. The lowest BCUT2D eigenvalue weighted by molar-refractivity contribution is -0.146. The number of aliphatic carboxylic acids is 1. The number of amides is 2. The molecule has 0 spiro atoms. The maximum atomic E-state index is 10.9. The number of hydrogen-bond donors (Lipinski definition) is 3. The van der Waals surface area contributed by atoms with Crippen LogP contribution in [0.3, 0.4) is 0 Å². The van der Waals surface area contributed by atoms with Crippen molar-refractivity contribution in [2.45, 2.75) is 50.6 Å². The molecule has 2 atom stereocenters. The highest BCUT2D eigenvalue weighted by Gasteiger charge is 2.25. The maximum absolute atomic E-state index is 10.9. The molecule has 118 valence electrons. The SMILES string of the molecule is COC(=O)[C@@H]1CCCC(=O)N1.O=C1CCC[C@@H](C(=O)O)N1. The number of nitrogens with one attached hydrogen (secondary N) is 2. The van der Waals surface area contributed by atoms with Crippen LogP contribution in [0.5, 0.6) is 0 Å². The van der Waals surface area contributed by atoms with Gasteiger partial charge in [-0.1, -0.05) is 0 Å². The highest BCUT2D eigenvalue weighted by atomic mass is 16.5. The number of piperidine rings is 2. The van der Waals surface area contributed by atoms with Crippen molar-refractivity contribution in [2.24, 2.45) is 0 Å². The largest absolute Gasteiger partial charge is 0.480 e. The molecule has 0 radical (unpaired) electrons. The van der Waals surface area contributed by atoms with Gasteiger partial charge in [0.2, 0.25) is 11.8 Å². The Balaban J connectivity index is 0.000000211. The zero-order valence-electron chi connectivity index (χ0n) is 11.9. The molecule has 8 nitrogen and oxygen atoms in total. The predicted octanol–water partition coefficient (Wildman–Crippen LogP) is -0.432. The van der Waals surface area contributed by atoms with Gasteiger partial charge in [-0.3, -0.25) is 9.59 Å². The van der Waals surface area contributed by atoms with Gasteiger partial charge in [0.1, 0.15) is 12.1 Å². The first-order chi connectivity index (χ1) is 9.93. The summed E-state index contributed by atoms with van der Waals surface area (Å²) in [5.41, 5.74) is 0. The summed E-state index contributed by atoms with van der Waals surface area (Å²) in [6, 6.07) is -1.07. The van der Waals surface area contributed by atoms with Gasteiger partial charge < -0.3 is 20.5 Å². The molecule has 0 aromatic rings. The van der Waals surface area contributed by atoms with Crippen molar-refractivity contribution in [1.82, 2.24) is 10.6 Å². The fourth-order valence-corrected chi connectivity index (χ4v) is 2.12. The number of carbonyl (C=O) groups is 4. The van der Waals surface area contributed by atoms with Crippen LogP contribution in [0, 0.1) is 0 Å². The Bertz CT molecular complexity index is 421. The minimum absolute atomic E-state index is 0.0633. The number of methoxy groups -OCH3 is 1. The summed E-state index contributed by atoms with van der Waals surface area (Å²) in [5.74, 6) is -1.50. The van der Waals surface area contributed by atoms with Crippen LogP contribution >= 0.6 is 0 Å². The number of hydrogen-bond acceptors (Lipinski definition) is 5. The predicted molar refractivity (Wildman–Crippen MR) is 71.2 cm³/mol. The highest BCUT2D eigenvalue weighted by Crippen LogP contribution is 2.08. The third kappa shape index (κ3) is 5.80. The number of carboxylic acid groups (broad SMARTS) is 1. The number of ether oxygens (including phenoxy) is 1. The topological polar surface area (TPSA) is 122 Å². The zero-order valence-corrected chi connectivity index (χ0v) is 11.9. The van der Waals surface area contributed by atoms with Gasteiger partial charge in [-0.05, 0) is 25.7 Å². The van der Waals surface area contributed by atoms with Crippen LogP contribution in [0.4, 0.5) is 0 Å². The van der Waals surface area contributed by atoms with Crippen LogP contribution in [-0.2, 0) is 23.9 Å². The third-order valence-corrected chi connectivity index (χ3v) is 3.25. The van der Waals surface area contributed by atoms with E-state index in [2.05, 4.69) is 15.4 Å². The maximum Gasteiger partial charge on any atom is 0.328 e. The second kappa shape index (κ2) is 8.23. The van der Waals surface area contributed by atoms with Gasteiger partial charge in [-0.25, -0.2) is 9.59 Å². The van der Waals surface area contributed by atoms with Crippen molar-refractivity contribution in [3.63, 3.8) is 0 Å². The van der Waals surface area contributed by atoms with E-state index in [4.69, 9.17) is 5.11 Å². The molecule has 0 saturated carbocycles. The van der Waals surface area contributed by atoms with Crippen molar-refractivity contribution in [3.05, 3.63) is 0 Å². The van der Waals surface area contributed by atoms with E-state index in [9.17, 15) is 19.2 Å². The minimum Gasteiger partial charge on any atom is -0.480 e. The van der Waals surface area contributed by atoms with Crippen LogP contribution in [0.25, 0.3) is 0 Å². The van der Waals surface area contributed by atoms with E-state index in [0.29, 0.717) is 32.1 Å². The average molecular weight is 300 g/mol. The van der Waals surface area contributed by atoms with Crippen LogP contribution in [0.15, 0.2) is 0 Å². The first-order valence-corrected chi connectivity index (χ1v) is 6.83. The highest BCUT2D eigenvalue weighted by molar-refractivity contribution is 5.85. The van der Waals surface area contributed by atoms with E-state index in [1.165, 1.54) is 7.11 Å². The molecule has 0 aromatic carbocycles. The lowest BCUT2D eigenvalue weighted by Crippen LogP contribution is -2.44. The summed E-state index contributed by atoms with van der Waals surface area (Å²) in [5, 5.41) is 13.4. The molecule has 2 saturated heterocycles. The van der Waals surface area contributed by atoms with Crippen molar-refractivity contribution in [2.75, 3.05) is 7.11 Å². The lowest BCUT2D eigenvalue weighted by Gasteiger charge is -2.20. The quantitative estimate of drug-likeness (QED) is 0.595. The first-order valence-electron chi connectivity index (χ1n) is 6.83. The second-order valence-corrected chi connectivity index (χ2v) is 4.89. The molecular formula is C13H20N2O6. The molecule has 0 aromatic heterocycles. The Kier molecular flexibility index (Phi) is 6.64. The van der Waals surface area contributed by atoms with E-state index >= 15 is 0 Å². The number of esters is 1. The molecule has 0 unspecified atom stereocenters. The Hall–Kier alpha value is -2.12. The molecule has 0 bridgehead atoms. The van der Waals surface area contributed by atoms with E-state index < -0.39 is 18.1 Å². The standard InChI is InChI=1S/C7H11NO3.C6H9NO3/c1-11-7(10)5-3-2-4-6(9)8-5;8-5-3-1-2-4(7-5)6(9)10/h5H,2-4H2,1H3,(H,8,9);4H,1-3H2,(H,7,8)(H,9,10)/t5-;4-/m00/s1. The normalized spacial score (nSPS) is 24.8.